The van der Waals surface area contributed by atoms with Gasteiger partial charge in [-0.2, -0.15) is 0 Å². The monoisotopic (exact) mass is 184 g/mol. The van der Waals surface area contributed by atoms with Crippen molar-refractivity contribution in [3.8, 4) is 0 Å². The normalized spacial score (nSPS) is 20.3. The zero-order valence-corrected chi connectivity index (χ0v) is 9.27. The van der Waals surface area contributed by atoms with Crippen LogP contribution in [0, 0.1) is 11.3 Å². The van der Waals surface area contributed by atoms with Gasteiger partial charge in [0.25, 0.3) is 0 Å². The molecule has 78 valence electrons. The topological polar surface area (TPSA) is 38.0 Å². The Hall–Kier alpha value is -0.0800. The van der Waals surface area contributed by atoms with Crippen LogP contribution in [0.25, 0.3) is 0 Å². The summed E-state index contributed by atoms with van der Waals surface area (Å²) in [6, 6.07) is 0.464. The van der Waals surface area contributed by atoms with Crippen molar-refractivity contribution in [2.75, 3.05) is 13.1 Å². The van der Waals surface area contributed by atoms with Crippen molar-refractivity contribution in [1.29, 1.82) is 0 Å². The molecule has 1 aliphatic carbocycles. The first-order valence-electron chi connectivity index (χ1n) is 5.47. The maximum absolute atomic E-state index is 5.73. The molecule has 0 aromatic rings. The molecule has 0 amide bonds. The molecule has 0 aromatic carbocycles. The van der Waals surface area contributed by atoms with Gasteiger partial charge in [0.15, 0.2) is 0 Å². The average molecular weight is 184 g/mol. The summed E-state index contributed by atoms with van der Waals surface area (Å²) in [5, 5.41) is 3.56. The third kappa shape index (κ3) is 4.10. The highest BCUT2D eigenvalue weighted by molar-refractivity contribution is 4.82. The lowest BCUT2D eigenvalue weighted by Crippen LogP contribution is -2.46. The van der Waals surface area contributed by atoms with Crippen LogP contribution in [0.15, 0.2) is 0 Å². The van der Waals surface area contributed by atoms with Crippen molar-refractivity contribution in [2.24, 2.45) is 17.1 Å². The highest BCUT2D eigenvalue weighted by Gasteiger charge is 2.24. The van der Waals surface area contributed by atoms with Gasteiger partial charge in [0.05, 0.1) is 0 Å². The highest BCUT2D eigenvalue weighted by atomic mass is 14.9. The molecule has 1 aliphatic rings. The van der Waals surface area contributed by atoms with E-state index >= 15 is 0 Å². The summed E-state index contributed by atoms with van der Waals surface area (Å²) >= 11 is 0. The first-order chi connectivity index (χ1) is 6.04. The summed E-state index contributed by atoms with van der Waals surface area (Å²) in [5.74, 6) is 1.02. The minimum absolute atomic E-state index is 0.290. The number of hydrogen-bond acceptors (Lipinski definition) is 2. The van der Waals surface area contributed by atoms with Gasteiger partial charge in [-0.15, -0.1) is 0 Å². The summed E-state index contributed by atoms with van der Waals surface area (Å²) in [4.78, 5) is 0. The summed E-state index contributed by atoms with van der Waals surface area (Å²) in [6.45, 7) is 8.62. The van der Waals surface area contributed by atoms with E-state index in [9.17, 15) is 0 Å². The molecule has 0 aliphatic heterocycles. The van der Waals surface area contributed by atoms with Crippen LogP contribution in [0.1, 0.15) is 40.0 Å². The minimum Gasteiger partial charge on any atom is -0.329 e. The molecule has 1 fully saturated rings. The molecule has 3 N–H and O–H groups in total. The molecule has 0 spiro atoms. The van der Waals surface area contributed by atoms with Gasteiger partial charge in [-0.25, -0.2) is 0 Å². The predicted molar refractivity (Wildman–Crippen MR) is 57.6 cm³/mol. The predicted octanol–water partition coefficient (Wildman–Crippen LogP) is 1.75. The van der Waals surface area contributed by atoms with E-state index in [-0.39, 0.29) is 5.41 Å². The molecular formula is C11H24N2. The second-order valence-electron chi connectivity index (χ2n) is 5.34. The summed E-state index contributed by atoms with van der Waals surface area (Å²) < 4.78 is 0. The summed E-state index contributed by atoms with van der Waals surface area (Å²) in [5.41, 5.74) is 6.02. The van der Waals surface area contributed by atoms with Crippen molar-refractivity contribution in [1.82, 2.24) is 5.32 Å². The SMILES string of the molecule is CC(C)(C)C(CN)NCCC1CC1. The van der Waals surface area contributed by atoms with Gasteiger partial charge >= 0.3 is 0 Å². The van der Waals surface area contributed by atoms with Gasteiger partial charge < -0.3 is 11.1 Å². The van der Waals surface area contributed by atoms with Gasteiger partial charge in [0, 0.05) is 12.6 Å². The van der Waals surface area contributed by atoms with Crippen LogP contribution in [0.5, 0.6) is 0 Å². The van der Waals surface area contributed by atoms with Crippen LogP contribution in [0.3, 0.4) is 0 Å². The number of hydrogen-bond donors (Lipinski definition) is 2. The fourth-order valence-corrected chi connectivity index (χ4v) is 1.61. The Kier molecular flexibility index (Phi) is 3.74. The van der Waals surface area contributed by atoms with Crippen LogP contribution < -0.4 is 11.1 Å². The van der Waals surface area contributed by atoms with Crippen molar-refractivity contribution in [3.63, 3.8) is 0 Å². The van der Waals surface area contributed by atoms with Crippen molar-refractivity contribution in [3.05, 3.63) is 0 Å². The van der Waals surface area contributed by atoms with E-state index in [1.54, 1.807) is 0 Å². The van der Waals surface area contributed by atoms with E-state index in [0.29, 0.717) is 6.04 Å². The molecule has 0 bridgehead atoms. The molecule has 1 rings (SSSR count). The molecule has 0 saturated heterocycles. The quantitative estimate of drug-likeness (QED) is 0.683. The molecular weight excluding hydrogens is 160 g/mol. The molecule has 2 nitrogen and oxygen atoms in total. The van der Waals surface area contributed by atoms with E-state index in [4.69, 9.17) is 5.73 Å². The lowest BCUT2D eigenvalue weighted by molar-refractivity contribution is 0.272. The smallest absolute Gasteiger partial charge is 0.0238 e. The van der Waals surface area contributed by atoms with Gasteiger partial charge in [-0.05, 0) is 24.3 Å². The third-order valence-electron chi connectivity index (χ3n) is 2.92. The van der Waals surface area contributed by atoms with E-state index < -0.39 is 0 Å². The lowest BCUT2D eigenvalue weighted by Gasteiger charge is -2.30. The average Bonchev–Trinajstić information content (AvgIpc) is 2.78. The highest BCUT2D eigenvalue weighted by Crippen LogP contribution is 2.31. The molecule has 1 atom stereocenters. The Morgan fingerprint density at radius 1 is 1.38 bits per heavy atom. The van der Waals surface area contributed by atoms with Crippen LogP contribution in [0.2, 0.25) is 0 Å². The number of nitrogens with two attached hydrogens (primary N) is 1. The van der Waals surface area contributed by atoms with E-state index in [1.165, 1.54) is 19.3 Å². The van der Waals surface area contributed by atoms with Gasteiger partial charge in [-0.1, -0.05) is 33.6 Å². The second kappa shape index (κ2) is 4.43. The fraction of sp³-hybridized carbons (Fsp3) is 1.00. The Labute approximate surface area is 82.3 Å². The van der Waals surface area contributed by atoms with Crippen molar-refractivity contribution in [2.45, 2.75) is 46.1 Å². The third-order valence-corrected chi connectivity index (χ3v) is 2.92. The molecule has 0 aromatic heterocycles. The maximum Gasteiger partial charge on any atom is 0.0238 e. The lowest BCUT2D eigenvalue weighted by atomic mass is 9.87. The Bertz CT molecular complexity index is 145. The van der Waals surface area contributed by atoms with Crippen LogP contribution in [0.4, 0.5) is 0 Å². The Balaban J connectivity index is 2.14. The molecule has 13 heavy (non-hydrogen) atoms. The minimum atomic E-state index is 0.290. The fourth-order valence-electron chi connectivity index (χ4n) is 1.61. The molecule has 1 saturated carbocycles. The van der Waals surface area contributed by atoms with E-state index in [2.05, 4.69) is 26.1 Å². The standard InChI is InChI=1S/C11H24N2/c1-11(2,3)10(8-12)13-7-6-9-4-5-9/h9-10,13H,4-8,12H2,1-3H3. The number of nitrogens with one attached hydrogen (secondary N) is 1. The largest absolute Gasteiger partial charge is 0.329 e. The van der Waals surface area contributed by atoms with Gasteiger partial charge in [0.1, 0.15) is 0 Å². The maximum atomic E-state index is 5.73. The van der Waals surface area contributed by atoms with E-state index in [1.807, 2.05) is 0 Å². The first kappa shape index (κ1) is 11.0. The van der Waals surface area contributed by atoms with E-state index in [0.717, 1.165) is 19.0 Å². The number of rotatable bonds is 5. The summed E-state index contributed by atoms with van der Waals surface area (Å²) in [7, 11) is 0. The van der Waals surface area contributed by atoms with Crippen molar-refractivity contribution < 1.29 is 0 Å². The van der Waals surface area contributed by atoms with Crippen molar-refractivity contribution >= 4 is 0 Å². The zero-order chi connectivity index (χ0) is 9.90. The van der Waals surface area contributed by atoms with Gasteiger partial charge in [-0.3, -0.25) is 0 Å². The molecule has 0 heterocycles. The second-order valence-corrected chi connectivity index (χ2v) is 5.34. The van der Waals surface area contributed by atoms with Crippen LogP contribution >= 0.6 is 0 Å². The zero-order valence-electron chi connectivity index (χ0n) is 9.27. The Morgan fingerprint density at radius 3 is 2.38 bits per heavy atom. The molecule has 1 unspecified atom stereocenters. The summed E-state index contributed by atoms with van der Waals surface area (Å²) in [6.07, 6.45) is 4.24. The molecule has 2 heteroatoms. The molecule has 0 radical (unpaired) electrons. The van der Waals surface area contributed by atoms with Crippen LogP contribution in [-0.4, -0.2) is 19.1 Å². The van der Waals surface area contributed by atoms with Gasteiger partial charge in [0.2, 0.25) is 0 Å². The van der Waals surface area contributed by atoms with Crippen LogP contribution in [-0.2, 0) is 0 Å². The Morgan fingerprint density at radius 2 is 2.00 bits per heavy atom. The first-order valence-corrected chi connectivity index (χ1v) is 5.47.